The van der Waals surface area contributed by atoms with Gasteiger partial charge in [-0.3, -0.25) is 4.79 Å². The maximum absolute atomic E-state index is 11.9. The largest absolute Gasteiger partial charge is 0.489 e. The molecule has 1 aliphatic carbocycles. The molecule has 1 aliphatic rings. The van der Waals surface area contributed by atoms with Gasteiger partial charge >= 0.3 is 0 Å². The fourth-order valence-electron chi connectivity index (χ4n) is 1.80. The summed E-state index contributed by atoms with van der Waals surface area (Å²) in [4.78, 5) is 11.9. The Morgan fingerprint density at radius 3 is 2.79 bits per heavy atom. The van der Waals surface area contributed by atoms with Gasteiger partial charge in [0.1, 0.15) is 12.4 Å². The van der Waals surface area contributed by atoms with E-state index in [2.05, 4.69) is 5.32 Å². The van der Waals surface area contributed by atoms with Gasteiger partial charge in [-0.2, -0.15) is 0 Å². The summed E-state index contributed by atoms with van der Waals surface area (Å²) in [5.41, 5.74) is 0.766. The molecule has 0 bridgehead atoms. The summed E-state index contributed by atoms with van der Waals surface area (Å²) in [6.45, 7) is 0.327. The van der Waals surface area contributed by atoms with Crippen LogP contribution >= 0.6 is 0 Å². The van der Waals surface area contributed by atoms with E-state index in [-0.39, 0.29) is 5.91 Å². The molecular formula is C15H15NO3. The first-order valence-corrected chi connectivity index (χ1v) is 6.38. The molecule has 0 unspecified atom stereocenters. The highest BCUT2D eigenvalue weighted by Gasteiger charge is 2.26. The van der Waals surface area contributed by atoms with Crippen molar-refractivity contribution in [2.24, 2.45) is 0 Å². The van der Waals surface area contributed by atoms with Crippen molar-refractivity contribution in [1.29, 1.82) is 0 Å². The molecule has 0 atom stereocenters. The maximum Gasteiger partial charge on any atom is 0.287 e. The van der Waals surface area contributed by atoms with Crippen LogP contribution < -0.4 is 10.1 Å². The highest BCUT2D eigenvalue weighted by molar-refractivity contribution is 5.93. The number of benzene rings is 1. The molecule has 4 heteroatoms. The average Bonchev–Trinajstić information content (AvgIpc) is 3.12. The third-order valence-electron chi connectivity index (χ3n) is 3.00. The number of ether oxygens (including phenoxy) is 1. The molecule has 98 valence electrons. The van der Waals surface area contributed by atoms with Crippen LogP contribution in [0.2, 0.25) is 0 Å². The van der Waals surface area contributed by atoms with Crippen LogP contribution in [-0.2, 0) is 6.61 Å². The zero-order chi connectivity index (χ0) is 13.1. The minimum absolute atomic E-state index is 0.154. The van der Waals surface area contributed by atoms with Crippen LogP contribution in [0.1, 0.15) is 29.0 Å². The summed E-state index contributed by atoms with van der Waals surface area (Å²) < 4.78 is 10.9. The SMILES string of the molecule is O=C(NC1CC1)c1occc1COc1ccccc1. The van der Waals surface area contributed by atoms with Crippen molar-refractivity contribution in [3.8, 4) is 5.75 Å². The van der Waals surface area contributed by atoms with Crippen LogP contribution in [0.15, 0.2) is 47.1 Å². The molecule has 1 saturated carbocycles. The molecule has 0 spiro atoms. The molecule has 2 aromatic rings. The van der Waals surface area contributed by atoms with Gasteiger partial charge in [0.2, 0.25) is 0 Å². The van der Waals surface area contributed by atoms with Crippen molar-refractivity contribution in [1.82, 2.24) is 5.32 Å². The van der Waals surface area contributed by atoms with Crippen LogP contribution in [0.3, 0.4) is 0 Å². The first kappa shape index (κ1) is 11.8. The van der Waals surface area contributed by atoms with E-state index in [4.69, 9.17) is 9.15 Å². The molecule has 1 N–H and O–H groups in total. The minimum atomic E-state index is -0.154. The Hall–Kier alpha value is -2.23. The van der Waals surface area contributed by atoms with Crippen molar-refractivity contribution < 1.29 is 13.9 Å². The van der Waals surface area contributed by atoms with Gasteiger partial charge in [0, 0.05) is 11.6 Å². The van der Waals surface area contributed by atoms with E-state index in [1.807, 2.05) is 30.3 Å². The second-order valence-corrected chi connectivity index (χ2v) is 4.62. The Morgan fingerprint density at radius 2 is 2.05 bits per heavy atom. The lowest BCUT2D eigenvalue weighted by atomic mass is 10.2. The van der Waals surface area contributed by atoms with E-state index in [1.165, 1.54) is 6.26 Å². The lowest BCUT2D eigenvalue weighted by Crippen LogP contribution is -2.26. The monoisotopic (exact) mass is 257 g/mol. The lowest BCUT2D eigenvalue weighted by Gasteiger charge is -2.06. The molecule has 4 nitrogen and oxygen atoms in total. The van der Waals surface area contributed by atoms with Crippen molar-refractivity contribution in [3.63, 3.8) is 0 Å². The predicted octanol–water partition coefficient (Wildman–Crippen LogP) is 2.75. The molecule has 1 fully saturated rings. The summed E-state index contributed by atoms with van der Waals surface area (Å²) in [7, 11) is 0. The van der Waals surface area contributed by atoms with Gasteiger partial charge in [-0.1, -0.05) is 18.2 Å². The standard InChI is InChI=1S/C15H15NO3/c17-15(16-12-6-7-12)14-11(8-9-18-14)10-19-13-4-2-1-3-5-13/h1-5,8-9,12H,6-7,10H2,(H,16,17). The normalized spacial score (nSPS) is 14.1. The number of rotatable bonds is 5. The smallest absolute Gasteiger partial charge is 0.287 e. The highest BCUT2D eigenvalue weighted by Crippen LogP contribution is 2.21. The first-order chi connectivity index (χ1) is 9.33. The Kier molecular flexibility index (Phi) is 3.23. The lowest BCUT2D eigenvalue weighted by molar-refractivity contribution is 0.0920. The molecule has 0 aliphatic heterocycles. The van der Waals surface area contributed by atoms with Crippen LogP contribution in [0.5, 0.6) is 5.75 Å². The first-order valence-electron chi connectivity index (χ1n) is 6.38. The maximum atomic E-state index is 11.9. The van der Waals surface area contributed by atoms with E-state index < -0.39 is 0 Å². The van der Waals surface area contributed by atoms with Crippen molar-refractivity contribution in [3.05, 3.63) is 54.0 Å². The summed E-state index contributed by atoms with van der Waals surface area (Å²) in [6, 6.07) is 11.6. The quantitative estimate of drug-likeness (QED) is 0.896. The molecule has 1 heterocycles. The molecule has 19 heavy (non-hydrogen) atoms. The summed E-state index contributed by atoms with van der Waals surface area (Å²) in [6.07, 6.45) is 3.64. The van der Waals surface area contributed by atoms with Crippen molar-refractivity contribution >= 4 is 5.91 Å². The molecular weight excluding hydrogens is 242 g/mol. The Morgan fingerprint density at radius 1 is 1.26 bits per heavy atom. The Bertz CT molecular complexity index is 558. The number of carbonyl (C=O) groups is 1. The zero-order valence-electron chi connectivity index (χ0n) is 10.5. The van der Waals surface area contributed by atoms with Crippen LogP contribution in [-0.4, -0.2) is 11.9 Å². The molecule has 1 aromatic heterocycles. The van der Waals surface area contributed by atoms with Crippen molar-refractivity contribution in [2.45, 2.75) is 25.5 Å². The second kappa shape index (κ2) is 5.18. The molecule has 3 rings (SSSR count). The van der Waals surface area contributed by atoms with Gasteiger partial charge in [-0.15, -0.1) is 0 Å². The number of amides is 1. The van der Waals surface area contributed by atoms with Crippen LogP contribution in [0.25, 0.3) is 0 Å². The zero-order valence-corrected chi connectivity index (χ0v) is 10.5. The van der Waals surface area contributed by atoms with E-state index in [0.29, 0.717) is 18.4 Å². The number of hydrogen-bond acceptors (Lipinski definition) is 3. The van der Waals surface area contributed by atoms with E-state index >= 15 is 0 Å². The number of para-hydroxylation sites is 1. The topological polar surface area (TPSA) is 51.5 Å². The van der Waals surface area contributed by atoms with Crippen LogP contribution in [0.4, 0.5) is 0 Å². The number of nitrogens with one attached hydrogen (secondary N) is 1. The second-order valence-electron chi connectivity index (χ2n) is 4.62. The molecule has 1 aromatic carbocycles. The predicted molar refractivity (Wildman–Crippen MR) is 70.0 cm³/mol. The third kappa shape index (κ3) is 2.96. The molecule has 0 saturated heterocycles. The number of furan rings is 1. The Labute approximate surface area is 111 Å². The van der Waals surface area contributed by atoms with E-state index in [0.717, 1.165) is 24.2 Å². The molecule has 0 radical (unpaired) electrons. The molecule has 1 amide bonds. The summed E-state index contributed by atoms with van der Waals surface area (Å²) in [5, 5.41) is 2.91. The summed E-state index contributed by atoms with van der Waals surface area (Å²) >= 11 is 0. The summed E-state index contributed by atoms with van der Waals surface area (Å²) in [5.74, 6) is 0.972. The fraction of sp³-hybridized carbons (Fsp3) is 0.267. The number of carbonyl (C=O) groups excluding carboxylic acids is 1. The van der Waals surface area contributed by atoms with Gasteiger partial charge < -0.3 is 14.5 Å². The van der Waals surface area contributed by atoms with Gasteiger partial charge in [-0.25, -0.2) is 0 Å². The van der Waals surface area contributed by atoms with E-state index in [1.54, 1.807) is 6.07 Å². The highest BCUT2D eigenvalue weighted by atomic mass is 16.5. The van der Waals surface area contributed by atoms with Gasteiger partial charge in [0.25, 0.3) is 5.91 Å². The van der Waals surface area contributed by atoms with Gasteiger partial charge in [-0.05, 0) is 31.0 Å². The van der Waals surface area contributed by atoms with Crippen LogP contribution in [0, 0.1) is 0 Å². The third-order valence-corrected chi connectivity index (χ3v) is 3.00. The fourth-order valence-corrected chi connectivity index (χ4v) is 1.80. The average molecular weight is 257 g/mol. The Balaban J connectivity index is 1.64. The van der Waals surface area contributed by atoms with Gasteiger partial charge in [0.05, 0.1) is 6.26 Å². The van der Waals surface area contributed by atoms with E-state index in [9.17, 15) is 4.79 Å². The number of hydrogen-bond donors (Lipinski definition) is 1. The van der Waals surface area contributed by atoms with Gasteiger partial charge in [0.15, 0.2) is 5.76 Å². The minimum Gasteiger partial charge on any atom is -0.489 e. The van der Waals surface area contributed by atoms with Crippen molar-refractivity contribution in [2.75, 3.05) is 0 Å².